The lowest BCUT2D eigenvalue weighted by Crippen LogP contribution is -2.20. The van der Waals surface area contributed by atoms with E-state index in [1.54, 1.807) is 0 Å². The van der Waals surface area contributed by atoms with Crippen LogP contribution in [0.5, 0.6) is 0 Å². The maximum Gasteiger partial charge on any atom is 0.00386 e. The minimum absolute atomic E-state index is 0.649. The topological polar surface area (TPSA) is 24.1 Å². The average Bonchev–Trinajstić information content (AvgIpc) is 2.38. The van der Waals surface area contributed by atoms with Crippen molar-refractivity contribution in [1.82, 2.24) is 10.6 Å². The molecule has 0 aromatic heterocycles. The van der Waals surface area contributed by atoms with Gasteiger partial charge in [0, 0.05) is 12.1 Å². The third-order valence-electron chi connectivity index (χ3n) is 3.29. The highest BCUT2D eigenvalue weighted by Gasteiger charge is 1.94. The van der Waals surface area contributed by atoms with Gasteiger partial charge in [0.1, 0.15) is 0 Å². The number of allylic oxidation sites excluding steroid dienone is 4. The van der Waals surface area contributed by atoms with Crippen molar-refractivity contribution >= 4 is 0 Å². The minimum atomic E-state index is 0.649. The van der Waals surface area contributed by atoms with Crippen molar-refractivity contribution in [3.8, 4) is 0 Å². The van der Waals surface area contributed by atoms with Crippen molar-refractivity contribution in [2.75, 3.05) is 14.1 Å². The fraction of sp³-hybridized carbons (Fsp3) is 0.778. The first-order chi connectivity index (χ1) is 9.33. The Morgan fingerprint density at radius 2 is 1.05 bits per heavy atom. The minimum Gasteiger partial charge on any atom is -0.317 e. The van der Waals surface area contributed by atoms with E-state index in [0.717, 1.165) is 0 Å². The van der Waals surface area contributed by atoms with Gasteiger partial charge in [0.25, 0.3) is 0 Å². The molecule has 2 N–H and O–H groups in total. The summed E-state index contributed by atoms with van der Waals surface area (Å²) in [7, 11) is 4.01. The average molecular weight is 283 g/mol. The fourth-order valence-electron chi connectivity index (χ4n) is 1.53. The van der Waals surface area contributed by atoms with Crippen LogP contribution < -0.4 is 10.6 Å². The molecular weight excluding hydrogens is 244 g/mol. The molecule has 2 atom stereocenters. The molecule has 0 aromatic carbocycles. The molecule has 0 fully saturated rings. The molecule has 0 radical (unpaired) electrons. The van der Waals surface area contributed by atoms with Crippen molar-refractivity contribution in [2.45, 2.75) is 79.3 Å². The molecular formula is C18H38N2. The lowest BCUT2D eigenvalue weighted by atomic mass is 10.1. The number of hydrogen-bond acceptors (Lipinski definition) is 2. The van der Waals surface area contributed by atoms with Gasteiger partial charge < -0.3 is 10.6 Å². The second kappa shape index (κ2) is 14.8. The zero-order valence-electron chi connectivity index (χ0n) is 15.1. The Bertz CT molecular complexity index is 231. The molecule has 120 valence electrons. The Hall–Kier alpha value is -0.600. The van der Waals surface area contributed by atoms with Crippen LogP contribution in [0.25, 0.3) is 0 Å². The molecule has 2 heteroatoms. The highest BCUT2D eigenvalue weighted by molar-refractivity contribution is 4.93. The summed E-state index contributed by atoms with van der Waals surface area (Å²) in [6, 6.07) is 1.30. The van der Waals surface area contributed by atoms with Crippen molar-refractivity contribution < 1.29 is 0 Å². The van der Waals surface area contributed by atoms with E-state index >= 15 is 0 Å². The van der Waals surface area contributed by atoms with E-state index in [1.807, 2.05) is 14.1 Å². The zero-order valence-corrected chi connectivity index (χ0v) is 15.1. The first kappa shape index (κ1) is 21.7. The van der Waals surface area contributed by atoms with E-state index in [-0.39, 0.29) is 0 Å². The van der Waals surface area contributed by atoms with Crippen LogP contribution in [0.15, 0.2) is 23.3 Å². The molecule has 0 bridgehead atoms. The highest BCUT2D eigenvalue weighted by Crippen LogP contribution is 2.00. The zero-order chi connectivity index (χ0) is 16.0. The molecule has 0 unspecified atom stereocenters. The van der Waals surface area contributed by atoms with Crippen molar-refractivity contribution in [1.29, 1.82) is 0 Å². The lowest BCUT2D eigenvalue weighted by molar-refractivity contribution is 0.570. The van der Waals surface area contributed by atoms with Gasteiger partial charge in [0.2, 0.25) is 0 Å². The summed E-state index contributed by atoms with van der Waals surface area (Å²) in [6.07, 6.45) is 9.44. The second-order valence-corrected chi connectivity index (χ2v) is 6.10. The Labute approximate surface area is 128 Å². The van der Waals surface area contributed by atoms with Gasteiger partial charge in [-0.1, -0.05) is 23.3 Å². The van der Waals surface area contributed by atoms with E-state index in [0.29, 0.717) is 12.1 Å². The molecule has 0 spiro atoms. The van der Waals surface area contributed by atoms with Gasteiger partial charge in [-0.15, -0.1) is 0 Å². The van der Waals surface area contributed by atoms with Crippen LogP contribution in [-0.2, 0) is 0 Å². The van der Waals surface area contributed by atoms with Gasteiger partial charge >= 0.3 is 0 Å². The Balaban J connectivity index is 0. The van der Waals surface area contributed by atoms with E-state index in [1.165, 1.54) is 36.8 Å². The van der Waals surface area contributed by atoms with Gasteiger partial charge in [0.15, 0.2) is 0 Å². The molecule has 0 saturated heterocycles. The van der Waals surface area contributed by atoms with Crippen molar-refractivity contribution in [2.24, 2.45) is 0 Å². The Kier molecular flexibility index (Phi) is 16.1. The van der Waals surface area contributed by atoms with Crippen LogP contribution in [0, 0.1) is 0 Å². The summed E-state index contributed by atoms with van der Waals surface area (Å²) in [5.41, 5.74) is 2.84. The Morgan fingerprint density at radius 3 is 1.25 bits per heavy atom. The summed E-state index contributed by atoms with van der Waals surface area (Å²) >= 11 is 0. The summed E-state index contributed by atoms with van der Waals surface area (Å²) in [4.78, 5) is 0. The summed E-state index contributed by atoms with van der Waals surface area (Å²) in [6.45, 7) is 13.0. The largest absolute Gasteiger partial charge is 0.317 e. The van der Waals surface area contributed by atoms with Crippen LogP contribution in [0.2, 0.25) is 0 Å². The summed E-state index contributed by atoms with van der Waals surface area (Å²) in [5.74, 6) is 0. The molecule has 0 rings (SSSR count). The molecule has 0 aliphatic carbocycles. The number of hydrogen-bond donors (Lipinski definition) is 2. The van der Waals surface area contributed by atoms with E-state index < -0.39 is 0 Å². The predicted octanol–water partition coefficient (Wildman–Crippen LogP) is 4.68. The van der Waals surface area contributed by atoms with Crippen LogP contribution >= 0.6 is 0 Å². The standard InChI is InChI=1S/2C9H19N/c2*1-8(2)6-5-7-9(3)10-4/h2*6,9-10H,5,7H2,1-4H3/t2*9-/m11/s1. The third-order valence-corrected chi connectivity index (χ3v) is 3.29. The number of rotatable bonds is 8. The molecule has 0 saturated carbocycles. The summed E-state index contributed by atoms with van der Waals surface area (Å²) < 4.78 is 0. The normalized spacial score (nSPS) is 12.8. The molecule has 2 nitrogen and oxygen atoms in total. The molecule has 0 amide bonds. The maximum atomic E-state index is 3.21. The molecule has 0 aliphatic heterocycles. The lowest BCUT2D eigenvalue weighted by Gasteiger charge is -2.06. The second-order valence-electron chi connectivity index (χ2n) is 6.10. The van der Waals surface area contributed by atoms with E-state index in [2.05, 4.69) is 64.3 Å². The smallest absolute Gasteiger partial charge is 0.00386 e. The van der Waals surface area contributed by atoms with Gasteiger partial charge in [-0.05, 0) is 81.3 Å². The van der Waals surface area contributed by atoms with Gasteiger partial charge in [-0.2, -0.15) is 0 Å². The van der Waals surface area contributed by atoms with E-state index in [9.17, 15) is 0 Å². The SMILES string of the molecule is CN[C@H](C)CCC=C(C)C.CN[C@H](C)CCC=C(C)C. The molecule has 0 heterocycles. The molecule has 0 aromatic rings. The first-order valence-electron chi connectivity index (χ1n) is 7.94. The van der Waals surface area contributed by atoms with Gasteiger partial charge in [0.05, 0.1) is 0 Å². The van der Waals surface area contributed by atoms with Crippen LogP contribution in [0.4, 0.5) is 0 Å². The van der Waals surface area contributed by atoms with Gasteiger partial charge in [-0.3, -0.25) is 0 Å². The summed E-state index contributed by atoms with van der Waals surface area (Å²) in [5, 5.41) is 6.42. The fourth-order valence-corrected chi connectivity index (χ4v) is 1.53. The van der Waals surface area contributed by atoms with E-state index in [4.69, 9.17) is 0 Å². The third kappa shape index (κ3) is 19.7. The predicted molar refractivity (Wildman–Crippen MR) is 94.4 cm³/mol. The van der Waals surface area contributed by atoms with Crippen LogP contribution in [0.3, 0.4) is 0 Å². The maximum absolute atomic E-state index is 3.21. The highest BCUT2D eigenvalue weighted by atomic mass is 14.8. The van der Waals surface area contributed by atoms with Crippen LogP contribution in [0.1, 0.15) is 67.2 Å². The van der Waals surface area contributed by atoms with Crippen molar-refractivity contribution in [3.05, 3.63) is 23.3 Å². The quantitative estimate of drug-likeness (QED) is 0.632. The van der Waals surface area contributed by atoms with Crippen molar-refractivity contribution in [3.63, 3.8) is 0 Å². The monoisotopic (exact) mass is 282 g/mol. The van der Waals surface area contributed by atoms with Crippen LogP contribution in [-0.4, -0.2) is 26.2 Å². The van der Waals surface area contributed by atoms with Gasteiger partial charge in [-0.25, -0.2) is 0 Å². The molecule has 0 aliphatic rings. The number of nitrogens with one attached hydrogen (secondary N) is 2. The molecule has 20 heavy (non-hydrogen) atoms. The first-order valence-corrected chi connectivity index (χ1v) is 7.94. The Morgan fingerprint density at radius 1 is 0.750 bits per heavy atom.